The Labute approximate surface area is 234 Å². The minimum absolute atomic E-state index is 0.0753. The third-order valence-electron chi connectivity index (χ3n) is 6.87. The predicted molar refractivity (Wildman–Crippen MR) is 134 cm³/mol. The molecule has 2 N–H and O–H groups in total. The van der Waals surface area contributed by atoms with E-state index in [4.69, 9.17) is 11.6 Å². The molecule has 1 fully saturated rings. The molecule has 1 aliphatic rings. The summed E-state index contributed by atoms with van der Waals surface area (Å²) in [5, 5.41) is 23.0. The number of aromatic hydroxyl groups is 1. The van der Waals surface area contributed by atoms with Crippen molar-refractivity contribution < 1.29 is 46.5 Å². The van der Waals surface area contributed by atoms with Gasteiger partial charge in [-0.05, 0) is 55.5 Å². The molecule has 2 aromatic carbocycles. The molecule has 8 nitrogen and oxygen atoms in total. The van der Waals surface area contributed by atoms with Crippen LogP contribution < -0.4 is 0 Å². The van der Waals surface area contributed by atoms with Gasteiger partial charge < -0.3 is 15.1 Å². The first kappa shape index (κ1) is 30.0. The Morgan fingerprint density at radius 3 is 2.24 bits per heavy atom. The normalized spacial score (nSPS) is 17.3. The number of carboxylic acid groups (broad SMARTS) is 1. The number of carboxylic acids is 1. The molecule has 0 unspecified atom stereocenters. The molecule has 1 saturated carbocycles. The highest BCUT2D eigenvalue weighted by Crippen LogP contribution is 2.39. The Morgan fingerprint density at radius 1 is 1.05 bits per heavy atom. The number of nitrogens with zero attached hydrogens (tertiary/aromatic N) is 3. The van der Waals surface area contributed by atoms with E-state index in [1.54, 1.807) is 0 Å². The molecule has 0 atom stereocenters. The highest BCUT2D eigenvalue weighted by Gasteiger charge is 2.43. The number of carbonyl (C=O) groups excluding carboxylic acids is 2. The summed E-state index contributed by atoms with van der Waals surface area (Å²) in [4.78, 5) is 38.6. The van der Waals surface area contributed by atoms with Crippen LogP contribution in [0.5, 0.6) is 5.75 Å². The van der Waals surface area contributed by atoms with Crippen LogP contribution in [0.25, 0.3) is 0 Å². The van der Waals surface area contributed by atoms with Crippen LogP contribution in [0.15, 0.2) is 42.6 Å². The lowest BCUT2D eigenvalue weighted by Gasteiger charge is -2.28. The zero-order valence-electron chi connectivity index (χ0n) is 21.2. The fourth-order valence-corrected chi connectivity index (χ4v) is 5.25. The van der Waals surface area contributed by atoms with E-state index in [0.29, 0.717) is 21.8 Å². The highest BCUT2D eigenvalue weighted by atomic mass is 35.5. The maximum Gasteiger partial charge on any atom is 0.433 e. The van der Waals surface area contributed by atoms with Crippen LogP contribution in [0.2, 0.25) is 5.02 Å². The van der Waals surface area contributed by atoms with Gasteiger partial charge in [0.25, 0.3) is 5.91 Å². The van der Waals surface area contributed by atoms with Crippen LogP contribution >= 0.6 is 11.6 Å². The molecule has 14 heteroatoms. The molecule has 1 heterocycles. The van der Waals surface area contributed by atoms with Gasteiger partial charge in [0.2, 0.25) is 0 Å². The summed E-state index contributed by atoms with van der Waals surface area (Å²) in [6.07, 6.45) is -3.99. The first-order valence-corrected chi connectivity index (χ1v) is 12.8. The van der Waals surface area contributed by atoms with E-state index >= 15 is 0 Å². The summed E-state index contributed by atoms with van der Waals surface area (Å²) in [6.45, 7) is -1.57. The molecular weight excluding hydrogens is 577 g/mol. The zero-order valence-corrected chi connectivity index (χ0v) is 21.9. The van der Waals surface area contributed by atoms with Crippen LogP contribution in [0.1, 0.15) is 63.7 Å². The Balaban J connectivity index is 1.73. The predicted octanol–water partition coefficient (Wildman–Crippen LogP) is 5.88. The minimum atomic E-state index is -5.08. The lowest BCUT2D eigenvalue weighted by molar-refractivity contribution is -0.147. The molecule has 1 aliphatic carbocycles. The number of benzene rings is 2. The van der Waals surface area contributed by atoms with Crippen molar-refractivity contribution in [2.24, 2.45) is 5.92 Å². The summed E-state index contributed by atoms with van der Waals surface area (Å²) in [7, 11) is 0. The number of hydrogen-bond donors (Lipinski definition) is 2. The van der Waals surface area contributed by atoms with Gasteiger partial charge in [-0.1, -0.05) is 17.7 Å². The van der Waals surface area contributed by atoms with Crippen molar-refractivity contribution in [3.05, 3.63) is 81.6 Å². The number of alkyl halides is 3. The van der Waals surface area contributed by atoms with Crippen molar-refractivity contribution in [3.63, 3.8) is 0 Å². The van der Waals surface area contributed by atoms with E-state index < -0.39 is 77.5 Å². The number of phenols is 1. The van der Waals surface area contributed by atoms with E-state index in [2.05, 4.69) is 5.10 Å². The van der Waals surface area contributed by atoms with Crippen LogP contribution in [0.4, 0.5) is 22.0 Å². The van der Waals surface area contributed by atoms with Crippen LogP contribution in [-0.2, 0) is 17.5 Å². The summed E-state index contributed by atoms with van der Waals surface area (Å²) < 4.78 is 71.5. The second-order valence-electron chi connectivity index (χ2n) is 9.69. The van der Waals surface area contributed by atoms with Gasteiger partial charge in [0.15, 0.2) is 11.5 Å². The van der Waals surface area contributed by atoms with Gasteiger partial charge in [-0.2, -0.15) is 18.3 Å². The lowest BCUT2D eigenvalue weighted by Crippen LogP contribution is -2.37. The number of hydrogen-bond acceptors (Lipinski definition) is 5. The van der Waals surface area contributed by atoms with Crippen molar-refractivity contribution in [1.82, 2.24) is 14.7 Å². The van der Waals surface area contributed by atoms with Gasteiger partial charge in [-0.25, -0.2) is 8.78 Å². The smallest absolute Gasteiger partial charge is 0.433 e. The van der Waals surface area contributed by atoms with Crippen LogP contribution in [0, 0.1) is 17.6 Å². The standard InChI is InChI=1S/C27H23ClF5N3O5/c28-20-2-1-3-21(37)23(20)22(38)13-35(12-14-8-16(29)10-17(30)9-14)25(39)19-11-34-36(24(19)27(31,32)33)18-6-4-15(5-7-18)26(40)41/h1-3,8-11,15,18,37H,4-7,12-13H2,(H,40,41)/t15-,18-. The molecular formula is C27H23ClF5N3O5. The molecule has 3 aromatic rings. The number of carbonyl (C=O) groups is 3. The molecule has 4 rings (SSSR count). The third-order valence-corrected chi connectivity index (χ3v) is 7.19. The molecule has 0 radical (unpaired) electrons. The van der Waals surface area contributed by atoms with Crippen molar-refractivity contribution in [3.8, 4) is 5.75 Å². The summed E-state index contributed by atoms with van der Waals surface area (Å²) >= 11 is 6.03. The quantitative estimate of drug-likeness (QED) is 0.247. The van der Waals surface area contributed by atoms with Gasteiger partial charge in [0.05, 0.1) is 40.9 Å². The fourth-order valence-electron chi connectivity index (χ4n) is 4.98. The number of ketones is 1. The molecule has 1 amide bonds. The van der Waals surface area contributed by atoms with E-state index in [-0.39, 0.29) is 41.8 Å². The Morgan fingerprint density at radius 2 is 1.68 bits per heavy atom. The van der Waals surface area contributed by atoms with E-state index in [1.165, 1.54) is 12.1 Å². The number of halogens is 6. The Bertz CT molecular complexity index is 1440. The number of rotatable bonds is 8. The molecule has 41 heavy (non-hydrogen) atoms. The number of aromatic nitrogens is 2. The minimum Gasteiger partial charge on any atom is -0.507 e. The average molecular weight is 600 g/mol. The van der Waals surface area contributed by atoms with Crippen LogP contribution in [-0.4, -0.2) is 49.1 Å². The van der Waals surface area contributed by atoms with Crippen molar-refractivity contribution >= 4 is 29.3 Å². The molecule has 0 aliphatic heterocycles. The largest absolute Gasteiger partial charge is 0.507 e. The molecule has 0 spiro atoms. The van der Waals surface area contributed by atoms with Crippen molar-refractivity contribution in [2.45, 2.75) is 44.4 Å². The summed E-state index contributed by atoms with van der Waals surface area (Å²) in [5.74, 6) is -6.56. The molecule has 1 aromatic heterocycles. The van der Waals surface area contributed by atoms with Gasteiger partial charge in [-0.3, -0.25) is 19.1 Å². The van der Waals surface area contributed by atoms with E-state index in [9.17, 15) is 46.5 Å². The molecule has 0 bridgehead atoms. The summed E-state index contributed by atoms with van der Waals surface area (Å²) in [6, 6.07) is 5.22. The topological polar surface area (TPSA) is 113 Å². The fraction of sp³-hybridized carbons (Fsp3) is 0.333. The van der Waals surface area contributed by atoms with Crippen molar-refractivity contribution in [2.75, 3.05) is 6.54 Å². The molecule has 0 saturated heterocycles. The third kappa shape index (κ3) is 6.67. The number of aliphatic carboxylic acids is 1. The monoisotopic (exact) mass is 599 g/mol. The lowest BCUT2D eigenvalue weighted by atomic mass is 9.86. The van der Waals surface area contributed by atoms with Crippen molar-refractivity contribution in [1.29, 1.82) is 0 Å². The average Bonchev–Trinajstić information content (AvgIpc) is 3.33. The van der Waals surface area contributed by atoms with Gasteiger partial charge in [0, 0.05) is 12.6 Å². The van der Waals surface area contributed by atoms with E-state index in [0.717, 1.165) is 18.2 Å². The zero-order chi connectivity index (χ0) is 30.1. The van der Waals surface area contributed by atoms with Gasteiger partial charge in [-0.15, -0.1) is 0 Å². The maximum atomic E-state index is 14.3. The molecule has 218 valence electrons. The summed E-state index contributed by atoms with van der Waals surface area (Å²) in [5.41, 5.74) is -2.85. The van der Waals surface area contributed by atoms with Gasteiger partial charge >= 0.3 is 12.1 Å². The van der Waals surface area contributed by atoms with Gasteiger partial charge in [0.1, 0.15) is 17.4 Å². The number of amides is 1. The number of phenolic OH excluding ortho intramolecular Hbond substituents is 1. The second-order valence-corrected chi connectivity index (χ2v) is 10.1. The highest BCUT2D eigenvalue weighted by molar-refractivity contribution is 6.34. The Hall–Kier alpha value is -4.00. The first-order valence-electron chi connectivity index (χ1n) is 12.4. The first-order chi connectivity index (χ1) is 19.3. The maximum absolute atomic E-state index is 14.3. The van der Waals surface area contributed by atoms with Crippen LogP contribution in [0.3, 0.4) is 0 Å². The Kier molecular flexibility index (Phi) is 8.66. The van der Waals surface area contributed by atoms with E-state index in [1.807, 2.05) is 0 Å². The second kappa shape index (κ2) is 11.9. The SMILES string of the molecule is O=C(CN(Cc1cc(F)cc(F)c1)C(=O)c1cnn([C@H]2CC[C@H](C(=O)O)CC2)c1C(F)(F)F)c1c(O)cccc1Cl. The number of Topliss-reactive ketones (excluding diaryl/α,β-unsaturated/α-hetero) is 1.